The highest BCUT2D eigenvalue weighted by Gasteiger charge is 2.40. The summed E-state index contributed by atoms with van der Waals surface area (Å²) in [4.78, 5) is 13.7. The first-order chi connectivity index (χ1) is 14.7. The van der Waals surface area contributed by atoms with E-state index in [2.05, 4.69) is 10.2 Å². The molecule has 1 aliphatic heterocycles. The molecular formula is C16H15F6N5O4S. The molecule has 1 aromatic carbocycles. The summed E-state index contributed by atoms with van der Waals surface area (Å²) in [6.07, 6.45) is -6.04. The van der Waals surface area contributed by atoms with Gasteiger partial charge in [0.1, 0.15) is 5.82 Å². The lowest BCUT2D eigenvalue weighted by Gasteiger charge is -2.29. The highest BCUT2D eigenvalue weighted by molar-refractivity contribution is 7.83. The van der Waals surface area contributed by atoms with Gasteiger partial charge in [-0.3, -0.25) is 9.35 Å². The number of nitrogens with one attached hydrogen (secondary N) is 1. The van der Waals surface area contributed by atoms with E-state index in [4.69, 9.17) is 4.55 Å². The predicted molar refractivity (Wildman–Crippen MR) is 93.6 cm³/mol. The average molecular weight is 487 g/mol. The Morgan fingerprint density at radius 2 is 1.78 bits per heavy atom. The van der Waals surface area contributed by atoms with Gasteiger partial charge in [-0.1, -0.05) is 0 Å². The second-order valence-corrected chi connectivity index (χ2v) is 8.15. The number of amides is 1. The van der Waals surface area contributed by atoms with Gasteiger partial charge in [0.2, 0.25) is 11.7 Å². The maximum atomic E-state index is 13.9. The molecule has 0 fully saturated rings. The number of hydrogen-bond donors (Lipinski definition) is 2. The number of hydrogen-bond acceptors (Lipinski definition) is 5. The summed E-state index contributed by atoms with van der Waals surface area (Å²) in [5, 5.41) is 6.48. The van der Waals surface area contributed by atoms with Crippen molar-refractivity contribution in [3.63, 3.8) is 0 Å². The van der Waals surface area contributed by atoms with Crippen LogP contribution in [0.2, 0.25) is 0 Å². The lowest BCUT2D eigenvalue weighted by molar-refractivity contribution is -0.148. The second kappa shape index (κ2) is 8.67. The Bertz CT molecular complexity index is 1140. The second-order valence-electron chi connectivity index (χ2n) is 6.96. The third-order valence-corrected chi connectivity index (χ3v) is 5.28. The number of nitrogens with zero attached hydrogens (tertiary/aromatic N) is 4. The Morgan fingerprint density at radius 3 is 2.41 bits per heavy atom. The van der Waals surface area contributed by atoms with Crippen molar-refractivity contribution in [1.82, 2.24) is 24.4 Å². The molecule has 1 aliphatic rings. The van der Waals surface area contributed by atoms with Crippen LogP contribution in [0.1, 0.15) is 23.6 Å². The standard InChI is InChI=1S/C16H15F6N5O4S/c17-10-6-12(19)11(18)4-8(10)3-9(25-32(29,30)31)5-14(28)26-1-2-27-13(7-26)23-24-15(27)16(20,21)22/h4,6,9,25H,1-3,5,7H2,(H,29,30,31)/t9-/m1/s1. The van der Waals surface area contributed by atoms with Crippen LogP contribution in [0.15, 0.2) is 12.1 Å². The van der Waals surface area contributed by atoms with Crippen molar-refractivity contribution in [2.24, 2.45) is 0 Å². The monoisotopic (exact) mass is 487 g/mol. The molecule has 32 heavy (non-hydrogen) atoms. The molecule has 3 rings (SSSR count). The van der Waals surface area contributed by atoms with E-state index in [0.717, 1.165) is 9.47 Å². The van der Waals surface area contributed by atoms with Crippen molar-refractivity contribution in [3.05, 3.63) is 46.8 Å². The summed E-state index contributed by atoms with van der Waals surface area (Å²) in [6, 6.07) is -0.745. The number of aromatic nitrogens is 3. The van der Waals surface area contributed by atoms with Gasteiger partial charge in [0, 0.05) is 31.6 Å². The first-order valence-electron chi connectivity index (χ1n) is 8.90. The molecule has 9 nitrogen and oxygen atoms in total. The molecule has 1 atom stereocenters. The SMILES string of the molecule is O=C(C[C@@H](Cc1cc(F)c(F)cc1F)NS(=O)(=O)O)N1CCn2c(nnc2C(F)(F)F)C1. The summed E-state index contributed by atoms with van der Waals surface area (Å²) in [6.45, 7) is -0.831. The molecule has 0 unspecified atom stereocenters. The summed E-state index contributed by atoms with van der Waals surface area (Å²) in [5.74, 6) is -6.23. The summed E-state index contributed by atoms with van der Waals surface area (Å²) in [5.41, 5.74) is -0.467. The number of halogens is 6. The van der Waals surface area contributed by atoms with Crippen molar-refractivity contribution >= 4 is 16.2 Å². The average Bonchev–Trinajstić information content (AvgIpc) is 3.08. The summed E-state index contributed by atoms with van der Waals surface area (Å²) < 4.78 is 113. The van der Waals surface area contributed by atoms with Crippen LogP contribution in [-0.2, 0) is 40.8 Å². The van der Waals surface area contributed by atoms with E-state index in [1.54, 1.807) is 4.72 Å². The van der Waals surface area contributed by atoms with Gasteiger partial charge in [-0.05, 0) is 18.1 Å². The maximum absolute atomic E-state index is 13.9. The molecule has 2 heterocycles. The molecule has 2 aromatic rings. The van der Waals surface area contributed by atoms with Crippen LogP contribution < -0.4 is 4.72 Å². The highest BCUT2D eigenvalue weighted by atomic mass is 32.2. The first-order valence-corrected chi connectivity index (χ1v) is 10.3. The topological polar surface area (TPSA) is 117 Å². The smallest absolute Gasteiger partial charge is 0.333 e. The molecule has 0 radical (unpaired) electrons. The molecule has 176 valence electrons. The molecule has 1 aromatic heterocycles. The number of benzene rings is 1. The number of carbonyl (C=O) groups excluding carboxylic acids is 1. The van der Waals surface area contributed by atoms with Gasteiger partial charge in [-0.2, -0.15) is 26.3 Å². The molecule has 0 spiro atoms. The third kappa shape index (κ3) is 5.55. The van der Waals surface area contributed by atoms with E-state index in [9.17, 15) is 39.6 Å². The van der Waals surface area contributed by atoms with Crippen LogP contribution in [-0.4, -0.2) is 51.1 Å². The predicted octanol–water partition coefficient (Wildman–Crippen LogP) is 1.45. The quantitative estimate of drug-likeness (QED) is 0.362. The van der Waals surface area contributed by atoms with Crippen LogP contribution in [0, 0.1) is 17.5 Å². The molecule has 16 heteroatoms. The van der Waals surface area contributed by atoms with Crippen molar-refractivity contribution < 1.29 is 44.1 Å². The Kier molecular flexibility index (Phi) is 6.48. The minimum atomic E-state index is -4.88. The minimum absolute atomic E-state index is 0.150. The van der Waals surface area contributed by atoms with Crippen molar-refractivity contribution in [2.75, 3.05) is 6.54 Å². The van der Waals surface area contributed by atoms with E-state index in [-0.39, 0.29) is 31.5 Å². The number of carbonyl (C=O) groups is 1. The summed E-state index contributed by atoms with van der Waals surface area (Å²) in [7, 11) is -4.88. The Hall–Kier alpha value is -2.72. The molecule has 0 bridgehead atoms. The minimum Gasteiger partial charge on any atom is -0.333 e. The Balaban J connectivity index is 1.76. The van der Waals surface area contributed by atoms with Crippen LogP contribution in [0.4, 0.5) is 26.3 Å². The Labute approximate surface area is 176 Å². The van der Waals surface area contributed by atoms with Crippen molar-refractivity contribution in [1.29, 1.82) is 0 Å². The molecule has 0 aliphatic carbocycles. The Morgan fingerprint density at radius 1 is 1.12 bits per heavy atom. The van der Waals surface area contributed by atoms with E-state index in [0.29, 0.717) is 6.07 Å². The lowest BCUT2D eigenvalue weighted by atomic mass is 10.0. The normalized spacial score (nSPS) is 15.5. The summed E-state index contributed by atoms with van der Waals surface area (Å²) >= 11 is 0. The molecule has 0 saturated carbocycles. The maximum Gasteiger partial charge on any atom is 0.451 e. The van der Waals surface area contributed by atoms with Crippen LogP contribution in [0.3, 0.4) is 0 Å². The zero-order valence-corrected chi connectivity index (χ0v) is 16.7. The van der Waals surface area contributed by atoms with E-state index in [1.807, 2.05) is 0 Å². The third-order valence-electron chi connectivity index (χ3n) is 4.65. The van der Waals surface area contributed by atoms with Gasteiger partial charge >= 0.3 is 16.5 Å². The van der Waals surface area contributed by atoms with Crippen LogP contribution >= 0.6 is 0 Å². The fraction of sp³-hybridized carbons (Fsp3) is 0.438. The van der Waals surface area contributed by atoms with Gasteiger partial charge in [0.15, 0.2) is 17.5 Å². The fourth-order valence-corrected chi connectivity index (χ4v) is 3.86. The van der Waals surface area contributed by atoms with Crippen molar-refractivity contribution in [2.45, 2.75) is 38.1 Å². The number of rotatable bonds is 6. The van der Waals surface area contributed by atoms with Gasteiger partial charge in [-0.25, -0.2) is 13.2 Å². The van der Waals surface area contributed by atoms with E-state index >= 15 is 0 Å². The van der Waals surface area contributed by atoms with Gasteiger partial charge in [0.25, 0.3) is 0 Å². The zero-order valence-electron chi connectivity index (χ0n) is 15.9. The van der Waals surface area contributed by atoms with E-state index in [1.165, 1.54) is 0 Å². The molecular weight excluding hydrogens is 472 g/mol. The van der Waals surface area contributed by atoms with Crippen molar-refractivity contribution in [3.8, 4) is 0 Å². The number of alkyl halides is 3. The molecule has 2 N–H and O–H groups in total. The lowest BCUT2D eigenvalue weighted by Crippen LogP contribution is -2.44. The highest BCUT2D eigenvalue weighted by Crippen LogP contribution is 2.29. The van der Waals surface area contributed by atoms with Gasteiger partial charge in [0.05, 0.1) is 6.54 Å². The largest absolute Gasteiger partial charge is 0.451 e. The van der Waals surface area contributed by atoms with Crippen LogP contribution in [0.25, 0.3) is 0 Å². The van der Waals surface area contributed by atoms with Gasteiger partial charge < -0.3 is 9.47 Å². The molecule has 0 saturated heterocycles. The number of fused-ring (bicyclic) bond motifs is 1. The fourth-order valence-electron chi connectivity index (χ4n) is 3.27. The zero-order chi connectivity index (χ0) is 23.8. The molecule has 1 amide bonds. The van der Waals surface area contributed by atoms with Gasteiger partial charge in [-0.15, -0.1) is 10.2 Å². The first kappa shape index (κ1) is 23.9. The van der Waals surface area contributed by atoms with E-state index < -0.39 is 70.1 Å². The van der Waals surface area contributed by atoms with Crippen LogP contribution in [0.5, 0.6) is 0 Å².